The van der Waals surface area contributed by atoms with E-state index in [2.05, 4.69) is 26.6 Å². The van der Waals surface area contributed by atoms with Crippen molar-refractivity contribution in [1.82, 2.24) is 10.6 Å². The minimum absolute atomic E-state index is 0.0381. The lowest BCUT2D eigenvalue weighted by Crippen LogP contribution is -2.43. The molecule has 2 atom stereocenters. The third kappa shape index (κ3) is 29.4. The highest BCUT2D eigenvalue weighted by Crippen LogP contribution is 2.38. The van der Waals surface area contributed by atoms with Gasteiger partial charge in [-0.2, -0.15) is 23.5 Å². The van der Waals surface area contributed by atoms with Gasteiger partial charge in [-0.25, -0.2) is 9.59 Å². The topological polar surface area (TPSA) is 317 Å². The van der Waals surface area contributed by atoms with Gasteiger partial charge in [-0.05, 0) is 12.1 Å². The number of rotatable bonds is 11. The second-order valence-electron chi connectivity index (χ2n) is 16.2. The summed E-state index contributed by atoms with van der Waals surface area (Å²) in [5.41, 5.74) is 0.423. The second kappa shape index (κ2) is 42.9. The number of ether oxygens (including phenoxy) is 15. The van der Waals surface area contributed by atoms with Crippen LogP contribution >= 0.6 is 39.5 Å². The SMILES string of the molecule is COC(=O)C1CSCc2cc(OCCBr)c(cc2[N+](=O)[O-])OCCOCCOCCOCCOCCC(=O)N1.COCCOc1cc2c([N+](=O)[O-])cc1OCCOCCOCCOCCOCCC(=O)NC(C(=O)OC)CSC2. The molecule has 0 saturated carbocycles. The van der Waals surface area contributed by atoms with Gasteiger partial charge in [-0.15, -0.1) is 0 Å². The molecule has 4 heterocycles. The maximum Gasteiger partial charge on any atom is 0.329 e. The Morgan fingerprint density at radius 2 is 0.886 bits per heavy atom. The van der Waals surface area contributed by atoms with Gasteiger partial charge in [-0.3, -0.25) is 29.8 Å². The first-order chi connectivity index (χ1) is 38.4. The molecule has 27 nitrogen and oxygen atoms in total. The van der Waals surface area contributed by atoms with Crippen LogP contribution in [0, 0.1) is 20.2 Å². The van der Waals surface area contributed by atoms with E-state index in [0.29, 0.717) is 120 Å². The molecular formula is C49H73BrN4O23S2. The summed E-state index contributed by atoms with van der Waals surface area (Å²) in [4.78, 5) is 71.9. The lowest BCUT2D eigenvalue weighted by atomic mass is 10.2. The number of hydrogen-bond donors (Lipinski definition) is 2. The maximum atomic E-state index is 12.4. The number of fused-ring (bicyclic) bond motifs is 44. The monoisotopic (exact) mass is 1230 g/mol. The molecule has 0 spiro atoms. The van der Waals surface area contributed by atoms with E-state index in [0.717, 1.165) is 0 Å². The van der Waals surface area contributed by atoms with E-state index < -0.39 is 33.9 Å². The Labute approximate surface area is 475 Å². The lowest BCUT2D eigenvalue weighted by molar-refractivity contribution is -0.385. The standard InChI is InChI=1S/C25H38N2O12S.C24H35BrN2O11S/c1-32-5-13-38-22-15-19-17-40-18-20(25(29)33-2)26-24(28)3-4-34-6-7-35-8-9-36-10-11-37-12-14-39-23(22)16-21(19)27(30)31;1-32-24(29)19-17-39-16-18-14-21(37-5-3-25)22(15-20(18)27(30)31)38-13-12-36-11-10-35-9-8-34-7-6-33-4-2-23(28)26-19/h15-16,20H,3-14,17-18H2,1-2H3,(H,26,28);14-15,19H,2-13,16-17H2,1H3,(H,26,28). The summed E-state index contributed by atoms with van der Waals surface area (Å²) < 4.78 is 81.2. The van der Waals surface area contributed by atoms with Crippen molar-refractivity contribution in [3.8, 4) is 23.0 Å². The minimum Gasteiger partial charge on any atom is -0.489 e. The van der Waals surface area contributed by atoms with Crippen molar-refractivity contribution >= 4 is 74.6 Å². The predicted octanol–water partition coefficient (Wildman–Crippen LogP) is 3.47. The molecule has 2 N–H and O–H groups in total. The van der Waals surface area contributed by atoms with Gasteiger partial charge < -0.3 is 81.7 Å². The fraction of sp³-hybridized carbons (Fsp3) is 0.673. The average molecular weight is 1230 g/mol. The molecule has 79 heavy (non-hydrogen) atoms. The van der Waals surface area contributed by atoms with Crippen LogP contribution in [0.25, 0.3) is 0 Å². The van der Waals surface area contributed by atoms with Crippen LogP contribution in [0.1, 0.15) is 24.0 Å². The molecule has 0 aromatic heterocycles. The number of amides is 2. The van der Waals surface area contributed by atoms with Crippen LogP contribution in [0.4, 0.5) is 11.4 Å². The Hall–Kier alpha value is -4.86. The van der Waals surface area contributed by atoms with E-state index in [1.165, 1.54) is 63.1 Å². The highest BCUT2D eigenvalue weighted by Gasteiger charge is 2.27. The second-order valence-corrected chi connectivity index (χ2v) is 19.0. The van der Waals surface area contributed by atoms with Crippen molar-refractivity contribution in [3.63, 3.8) is 0 Å². The molecule has 30 heteroatoms. The zero-order valence-electron chi connectivity index (χ0n) is 44.7. The van der Waals surface area contributed by atoms with Crippen LogP contribution in [0.5, 0.6) is 23.0 Å². The van der Waals surface area contributed by atoms with Gasteiger partial charge >= 0.3 is 11.9 Å². The zero-order chi connectivity index (χ0) is 57.3. The summed E-state index contributed by atoms with van der Waals surface area (Å²) in [7, 11) is 3.98. The van der Waals surface area contributed by atoms with Gasteiger partial charge in [0.15, 0.2) is 23.0 Å². The van der Waals surface area contributed by atoms with E-state index in [1.807, 2.05) is 0 Å². The normalized spacial score (nSPS) is 19.4. The molecule has 2 aromatic carbocycles. The Balaban J connectivity index is 0.000000415. The number of carbonyl (C=O) groups excluding carboxylic acids is 4. The van der Waals surface area contributed by atoms with Crippen molar-refractivity contribution in [2.24, 2.45) is 0 Å². The smallest absolute Gasteiger partial charge is 0.329 e. The van der Waals surface area contributed by atoms with Crippen molar-refractivity contribution < 1.29 is 100 Å². The summed E-state index contributed by atoms with van der Waals surface area (Å²) in [6, 6.07) is 3.85. The number of nitrogens with zero attached hydrogens (tertiary/aromatic N) is 2. The number of hydrogen-bond acceptors (Lipinski definition) is 25. The van der Waals surface area contributed by atoms with E-state index in [9.17, 15) is 39.4 Å². The minimum atomic E-state index is -0.945. The molecule has 2 aromatic rings. The Morgan fingerprint density at radius 3 is 1.22 bits per heavy atom. The molecule has 4 bridgehead atoms. The van der Waals surface area contributed by atoms with Crippen LogP contribution in [-0.2, 0) is 82.8 Å². The number of alkyl halides is 1. The zero-order valence-corrected chi connectivity index (χ0v) is 48.0. The van der Waals surface area contributed by atoms with Gasteiger partial charge in [0.25, 0.3) is 11.4 Å². The van der Waals surface area contributed by atoms with Gasteiger partial charge in [0.05, 0.1) is 155 Å². The van der Waals surface area contributed by atoms with Crippen LogP contribution in [0.2, 0.25) is 0 Å². The molecule has 446 valence electrons. The molecule has 2 amide bonds. The van der Waals surface area contributed by atoms with E-state index in [-0.39, 0.29) is 117 Å². The first kappa shape index (κ1) is 68.4. The number of esters is 2. The van der Waals surface area contributed by atoms with E-state index in [4.69, 9.17) is 71.1 Å². The fourth-order valence-electron chi connectivity index (χ4n) is 6.59. The number of carbonyl (C=O) groups is 4. The summed E-state index contributed by atoms with van der Waals surface area (Å²) in [5.74, 6) is -0.338. The number of thioether (sulfide) groups is 2. The quantitative estimate of drug-likeness (QED) is 0.0812. The van der Waals surface area contributed by atoms with Crippen LogP contribution in [0.3, 0.4) is 0 Å². The largest absolute Gasteiger partial charge is 0.489 e. The summed E-state index contributed by atoms with van der Waals surface area (Å²) in [6.45, 7) is 6.20. The van der Waals surface area contributed by atoms with Crippen LogP contribution in [0.15, 0.2) is 24.3 Å². The first-order valence-corrected chi connectivity index (χ1v) is 28.6. The number of nitro benzene ring substituents is 2. The maximum absolute atomic E-state index is 12.4. The number of halogens is 1. The van der Waals surface area contributed by atoms with Crippen molar-refractivity contribution in [2.45, 2.75) is 36.4 Å². The third-order valence-electron chi connectivity index (χ3n) is 10.4. The van der Waals surface area contributed by atoms with Gasteiger partial charge in [0, 0.05) is 59.4 Å². The Kier molecular flexibility index (Phi) is 37.2. The average Bonchev–Trinajstić information content (AvgIpc) is 3.47. The summed E-state index contributed by atoms with van der Waals surface area (Å²) in [5, 5.41) is 29.5. The lowest BCUT2D eigenvalue weighted by Gasteiger charge is -2.17. The third-order valence-corrected chi connectivity index (χ3v) is 12.9. The highest BCUT2D eigenvalue weighted by atomic mass is 79.9. The van der Waals surface area contributed by atoms with Crippen LogP contribution < -0.4 is 29.6 Å². The fourth-order valence-corrected chi connectivity index (χ4v) is 8.80. The molecule has 6 rings (SSSR count). The highest BCUT2D eigenvalue weighted by molar-refractivity contribution is 9.09. The number of benzene rings is 2. The molecule has 2 unspecified atom stereocenters. The van der Waals surface area contributed by atoms with Crippen molar-refractivity contribution in [3.05, 3.63) is 55.6 Å². The van der Waals surface area contributed by atoms with Gasteiger partial charge in [-0.1, -0.05) is 15.9 Å². The molecule has 0 saturated heterocycles. The van der Waals surface area contributed by atoms with E-state index >= 15 is 0 Å². The number of nitro groups is 2. The number of nitrogens with one attached hydrogen (secondary N) is 2. The number of methoxy groups -OCH3 is 3. The Bertz CT molecular complexity index is 2120. The molecular weight excluding hydrogens is 1160 g/mol. The molecule has 0 fully saturated rings. The van der Waals surface area contributed by atoms with Gasteiger partial charge in [0.2, 0.25) is 11.8 Å². The van der Waals surface area contributed by atoms with E-state index in [1.54, 1.807) is 6.07 Å². The summed E-state index contributed by atoms with van der Waals surface area (Å²) >= 11 is 5.76. The molecule has 0 radical (unpaired) electrons. The van der Waals surface area contributed by atoms with Gasteiger partial charge in [0.1, 0.15) is 31.9 Å². The molecule has 0 aliphatic carbocycles. The molecule has 4 aliphatic heterocycles. The first-order valence-electron chi connectivity index (χ1n) is 25.1. The molecule has 4 aliphatic rings. The van der Waals surface area contributed by atoms with Crippen molar-refractivity contribution in [2.75, 3.05) is 177 Å². The predicted molar refractivity (Wildman–Crippen MR) is 290 cm³/mol. The Morgan fingerprint density at radius 1 is 0.544 bits per heavy atom. The van der Waals surface area contributed by atoms with Crippen molar-refractivity contribution in [1.29, 1.82) is 0 Å². The van der Waals surface area contributed by atoms with Crippen LogP contribution in [-0.4, -0.2) is 223 Å². The summed E-state index contributed by atoms with van der Waals surface area (Å²) in [6.07, 6.45) is 0.0822.